The molecule has 4 heteroatoms. The summed E-state index contributed by atoms with van der Waals surface area (Å²) in [6.07, 6.45) is 4.47. The molecule has 1 aliphatic heterocycles. The highest BCUT2D eigenvalue weighted by molar-refractivity contribution is 5.12. The summed E-state index contributed by atoms with van der Waals surface area (Å²) in [7, 11) is 4.42. The molecule has 0 spiro atoms. The molecule has 0 amide bonds. The van der Waals surface area contributed by atoms with E-state index < -0.39 is 0 Å². The smallest absolute Gasteiger partial charge is 0.118 e. The maximum atomic E-state index is 5.69. The number of hydrogen-bond acceptors (Lipinski definition) is 4. The molecule has 20 heavy (non-hydrogen) atoms. The molecule has 1 unspecified atom stereocenters. The molecule has 1 N–H and O–H groups in total. The Hall–Kier alpha value is -0.840. The van der Waals surface area contributed by atoms with E-state index >= 15 is 0 Å². The van der Waals surface area contributed by atoms with Gasteiger partial charge in [0.05, 0.1) is 12.8 Å². The van der Waals surface area contributed by atoms with Crippen LogP contribution in [-0.4, -0.2) is 49.1 Å². The Morgan fingerprint density at radius 3 is 3.00 bits per heavy atom. The van der Waals surface area contributed by atoms with Crippen molar-refractivity contribution in [3.63, 3.8) is 0 Å². The molecule has 0 aliphatic carbocycles. The molecule has 0 bridgehead atoms. The van der Waals surface area contributed by atoms with Crippen LogP contribution in [0.5, 0.6) is 0 Å². The van der Waals surface area contributed by atoms with E-state index in [2.05, 4.69) is 49.1 Å². The number of piperidine rings is 1. The van der Waals surface area contributed by atoms with Crippen molar-refractivity contribution in [3.8, 4) is 0 Å². The standard InChI is InChI=1S/C16H29N3O/c1-13(2)17-9-14-8-16(20-12-14)11-19(4)15-6-5-7-18(3)10-15/h8,12-13,15,17H,5-7,9-11H2,1-4H3. The average Bonchev–Trinajstić information content (AvgIpc) is 2.84. The molecule has 1 aliphatic rings. The Labute approximate surface area is 123 Å². The normalized spacial score (nSPS) is 21.0. The lowest BCUT2D eigenvalue weighted by Crippen LogP contribution is -2.44. The maximum Gasteiger partial charge on any atom is 0.118 e. The predicted molar refractivity (Wildman–Crippen MR) is 82.7 cm³/mol. The van der Waals surface area contributed by atoms with Crippen molar-refractivity contribution >= 4 is 0 Å². The number of nitrogens with zero attached hydrogens (tertiary/aromatic N) is 2. The second-order valence-corrected chi connectivity index (χ2v) is 6.43. The topological polar surface area (TPSA) is 31.7 Å². The van der Waals surface area contributed by atoms with Gasteiger partial charge in [-0.05, 0) is 39.5 Å². The highest BCUT2D eigenvalue weighted by Crippen LogP contribution is 2.17. The Morgan fingerprint density at radius 1 is 1.50 bits per heavy atom. The van der Waals surface area contributed by atoms with Crippen LogP contribution in [0.1, 0.15) is 38.0 Å². The summed E-state index contributed by atoms with van der Waals surface area (Å²) in [6, 6.07) is 3.34. The zero-order chi connectivity index (χ0) is 14.5. The van der Waals surface area contributed by atoms with Crippen molar-refractivity contribution in [2.75, 3.05) is 27.2 Å². The molecule has 1 aromatic rings. The van der Waals surface area contributed by atoms with Gasteiger partial charge in [0.15, 0.2) is 0 Å². The second-order valence-electron chi connectivity index (χ2n) is 6.43. The fourth-order valence-corrected chi connectivity index (χ4v) is 2.80. The fourth-order valence-electron chi connectivity index (χ4n) is 2.80. The van der Waals surface area contributed by atoms with Crippen molar-refractivity contribution in [1.29, 1.82) is 0 Å². The van der Waals surface area contributed by atoms with Gasteiger partial charge in [0.2, 0.25) is 0 Å². The van der Waals surface area contributed by atoms with E-state index in [9.17, 15) is 0 Å². The minimum absolute atomic E-state index is 0.508. The van der Waals surface area contributed by atoms with Gasteiger partial charge in [-0.25, -0.2) is 0 Å². The van der Waals surface area contributed by atoms with E-state index in [1.165, 1.54) is 31.5 Å². The second kappa shape index (κ2) is 7.25. The van der Waals surface area contributed by atoms with Crippen LogP contribution in [0.2, 0.25) is 0 Å². The first-order valence-electron chi connectivity index (χ1n) is 7.73. The molecular formula is C16H29N3O. The molecule has 2 rings (SSSR count). The van der Waals surface area contributed by atoms with Gasteiger partial charge >= 0.3 is 0 Å². The van der Waals surface area contributed by atoms with Crippen molar-refractivity contribution in [2.24, 2.45) is 0 Å². The molecule has 4 nitrogen and oxygen atoms in total. The van der Waals surface area contributed by atoms with E-state index in [1.807, 2.05) is 6.26 Å². The Kier molecular flexibility index (Phi) is 5.64. The molecule has 1 fully saturated rings. The van der Waals surface area contributed by atoms with Gasteiger partial charge in [0.1, 0.15) is 5.76 Å². The molecule has 1 atom stereocenters. The number of rotatable bonds is 6. The van der Waals surface area contributed by atoms with E-state index in [0.29, 0.717) is 12.1 Å². The summed E-state index contributed by atoms with van der Waals surface area (Å²) < 4.78 is 5.69. The van der Waals surface area contributed by atoms with Crippen LogP contribution >= 0.6 is 0 Å². The zero-order valence-corrected chi connectivity index (χ0v) is 13.4. The van der Waals surface area contributed by atoms with Crippen LogP contribution in [0.3, 0.4) is 0 Å². The lowest BCUT2D eigenvalue weighted by atomic mass is 10.1. The first-order valence-corrected chi connectivity index (χ1v) is 7.73. The summed E-state index contributed by atoms with van der Waals surface area (Å²) in [5, 5.41) is 3.42. The number of likely N-dealkylation sites (tertiary alicyclic amines) is 1. The molecule has 0 aromatic carbocycles. The van der Waals surface area contributed by atoms with Gasteiger partial charge in [-0.15, -0.1) is 0 Å². The SMILES string of the molecule is CC(C)NCc1coc(CN(C)C2CCCN(C)C2)c1. The van der Waals surface area contributed by atoms with Gasteiger partial charge in [-0.2, -0.15) is 0 Å². The zero-order valence-electron chi connectivity index (χ0n) is 13.4. The third kappa shape index (κ3) is 4.62. The molecule has 114 valence electrons. The van der Waals surface area contributed by atoms with Crippen molar-refractivity contribution in [1.82, 2.24) is 15.1 Å². The van der Waals surface area contributed by atoms with E-state index in [0.717, 1.165) is 18.8 Å². The van der Waals surface area contributed by atoms with Gasteiger partial charge in [0, 0.05) is 30.7 Å². The summed E-state index contributed by atoms with van der Waals surface area (Å²) >= 11 is 0. The lowest BCUT2D eigenvalue weighted by molar-refractivity contribution is 0.123. The van der Waals surface area contributed by atoms with Gasteiger partial charge < -0.3 is 14.6 Å². The first-order chi connectivity index (χ1) is 9.54. The van der Waals surface area contributed by atoms with Crippen LogP contribution < -0.4 is 5.32 Å². The number of nitrogens with one attached hydrogen (secondary N) is 1. The van der Waals surface area contributed by atoms with Gasteiger partial charge in [-0.3, -0.25) is 4.90 Å². The van der Waals surface area contributed by atoms with Gasteiger partial charge in [-0.1, -0.05) is 13.8 Å². The van der Waals surface area contributed by atoms with E-state index in [1.54, 1.807) is 0 Å². The number of furan rings is 1. The summed E-state index contributed by atoms with van der Waals surface area (Å²) in [5.41, 5.74) is 1.24. The van der Waals surface area contributed by atoms with Crippen LogP contribution in [0.4, 0.5) is 0 Å². The fraction of sp³-hybridized carbons (Fsp3) is 0.750. The van der Waals surface area contributed by atoms with Crippen molar-refractivity contribution in [2.45, 2.75) is 51.9 Å². The van der Waals surface area contributed by atoms with Crippen molar-refractivity contribution < 1.29 is 4.42 Å². The van der Waals surface area contributed by atoms with Crippen LogP contribution in [0, 0.1) is 0 Å². The Bertz CT molecular complexity index is 402. The minimum Gasteiger partial charge on any atom is -0.468 e. The largest absolute Gasteiger partial charge is 0.468 e. The highest BCUT2D eigenvalue weighted by atomic mass is 16.3. The van der Waals surface area contributed by atoms with E-state index in [4.69, 9.17) is 4.42 Å². The van der Waals surface area contributed by atoms with E-state index in [-0.39, 0.29) is 0 Å². The highest BCUT2D eigenvalue weighted by Gasteiger charge is 2.21. The summed E-state index contributed by atoms with van der Waals surface area (Å²) in [6.45, 7) is 8.51. The van der Waals surface area contributed by atoms with Crippen molar-refractivity contribution in [3.05, 3.63) is 23.7 Å². The lowest BCUT2D eigenvalue weighted by Gasteiger charge is -2.35. The molecule has 0 radical (unpaired) electrons. The quantitative estimate of drug-likeness (QED) is 0.866. The molecule has 0 saturated carbocycles. The maximum absolute atomic E-state index is 5.69. The van der Waals surface area contributed by atoms with Crippen LogP contribution in [0.25, 0.3) is 0 Å². The molecule has 1 saturated heterocycles. The third-order valence-corrected chi connectivity index (χ3v) is 4.05. The molecular weight excluding hydrogens is 250 g/mol. The third-order valence-electron chi connectivity index (χ3n) is 4.05. The monoisotopic (exact) mass is 279 g/mol. The minimum atomic E-state index is 0.508. The number of likely N-dealkylation sites (N-methyl/N-ethyl adjacent to an activating group) is 2. The summed E-state index contributed by atoms with van der Waals surface area (Å²) in [5.74, 6) is 1.07. The Morgan fingerprint density at radius 2 is 2.30 bits per heavy atom. The van der Waals surface area contributed by atoms with Gasteiger partial charge in [0.25, 0.3) is 0 Å². The predicted octanol–water partition coefficient (Wildman–Crippen LogP) is 2.30. The van der Waals surface area contributed by atoms with Crippen LogP contribution in [0.15, 0.2) is 16.7 Å². The average molecular weight is 279 g/mol. The number of hydrogen-bond donors (Lipinski definition) is 1. The first kappa shape index (κ1) is 15.5. The molecule has 2 heterocycles. The Balaban J connectivity index is 1.83. The van der Waals surface area contributed by atoms with Crippen LogP contribution in [-0.2, 0) is 13.1 Å². The summed E-state index contributed by atoms with van der Waals surface area (Å²) in [4.78, 5) is 4.85. The molecule has 1 aromatic heterocycles.